The Bertz CT molecular complexity index is 255. The van der Waals surface area contributed by atoms with Crippen molar-refractivity contribution in [1.29, 1.82) is 0 Å². The Hall–Kier alpha value is -0.980. The van der Waals surface area contributed by atoms with Gasteiger partial charge < -0.3 is 5.32 Å². The fourth-order valence-electron chi connectivity index (χ4n) is 1.27. The van der Waals surface area contributed by atoms with Crippen molar-refractivity contribution < 1.29 is 0 Å². The van der Waals surface area contributed by atoms with E-state index < -0.39 is 0 Å². The van der Waals surface area contributed by atoms with Crippen molar-refractivity contribution >= 4 is 5.69 Å². The number of aryl methyl sites for hydroxylation is 1. The normalized spacial score (nSPS) is 12.5. The molecule has 0 aliphatic rings. The smallest absolute Gasteiger partial charge is 0.0344 e. The molecule has 1 N–H and O–H groups in total. The van der Waals surface area contributed by atoms with Crippen molar-refractivity contribution in [3.05, 3.63) is 29.8 Å². The van der Waals surface area contributed by atoms with Gasteiger partial charge in [-0.25, -0.2) is 0 Å². The molecule has 0 unspecified atom stereocenters. The lowest BCUT2D eigenvalue weighted by atomic mass is 10.1. The van der Waals surface area contributed by atoms with Crippen LogP contribution in [0, 0.1) is 0 Å². The predicted octanol–water partition coefficient (Wildman–Crippen LogP) is 3.46. The summed E-state index contributed by atoms with van der Waals surface area (Å²) in [5, 5.41) is 3.47. The fraction of sp³-hybridized carbons (Fsp3) is 0.500. The number of anilines is 1. The van der Waals surface area contributed by atoms with Crippen molar-refractivity contribution in [1.82, 2.24) is 0 Å². The summed E-state index contributed by atoms with van der Waals surface area (Å²) in [6.07, 6.45) is 2.27. The number of rotatable bonds is 4. The molecule has 0 bridgehead atoms. The first kappa shape index (κ1) is 10.1. The number of benzene rings is 1. The van der Waals surface area contributed by atoms with E-state index in [1.807, 2.05) is 0 Å². The summed E-state index contributed by atoms with van der Waals surface area (Å²) in [5.41, 5.74) is 2.64. The third kappa shape index (κ3) is 3.10. The van der Waals surface area contributed by atoms with Crippen LogP contribution < -0.4 is 5.32 Å². The van der Waals surface area contributed by atoms with Gasteiger partial charge in [0.2, 0.25) is 0 Å². The van der Waals surface area contributed by atoms with E-state index >= 15 is 0 Å². The summed E-state index contributed by atoms with van der Waals surface area (Å²) < 4.78 is 0. The van der Waals surface area contributed by atoms with Gasteiger partial charge in [0.05, 0.1) is 0 Å². The third-order valence-electron chi connectivity index (χ3n) is 2.36. The molecule has 0 spiro atoms. The molecule has 1 nitrogen and oxygen atoms in total. The highest BCUT2D eigenvalue weighted by Gasteiger charge is 1.98. The van der Waals surface area contributed by atoms with Crippen LogP contribution >= 0.6 is 0 Å². The van der Waals surface area contributed by atoms with Gasteiger partial charge in [-0.3, -0.25) is 0 Å². The zero-order valence-corrected chi connectivity index (χ0v) is 8.80. The molecule has 13 heavy (non-hydrogen) atoms. The molecule has 1 atom stereocenters. The molecule has 1 rings (SSSR count). The lowest BCUT2D eigenvalue weighted by Crippen LogP contribution is -2.13. The highest BCUT2D eigenvalue weighted by molar-refractivity contribution is 5.46. The Balaban J connectivity index is 2.66. The van der Waals surface area contributed by atoms with Crippen molar-refractivity contribution in [2.75, 3.05) is 5.32 Å². The molecule has 0 saturated carbocycles. The van der Waals surface area contributed by atoms with Gasteiger partial charge in [0, 0.05) is 11.7 Å². The van der Waals surface area contributed by atoms with Crippen LogP contribution in [0.3, 0.4) is 0 Å². The van der Waals surface area contributed by atoms with Crippen LogP contribution in [0.5, 0.6) is 0 Å². The van der Waals surface area contributed by atoms with Crippen molar-refractivity contribution in [2.45, 2.75) is 39.7 Å². The van der Waals surface area contributed by atoms with E-state index in [0.717, 1.165) is 12.8 Å². The summed E-state index contributed by atoms with van der Waals surface area (Å²) in [6.45, 7) is 6.59. The van der Waals surface area contributed by atoms with Crippen LogP contribution in [0.4, 0.5) is 5.69 Å². The summed E-state index contributed by atoms with van der Waals surface area (Å²) in [4.78, 5) is 0. The average Bonchev–Trinajstić information content (AvgIpc) is 2.18. The summed E-state index contributed by atoms with van der Waals surface area (Å²) in [5.74, 6) is 0. The first-order valence-electron chi connectivity index (χ1n) is 5.11. The Morgan fingerprint density at radius 3 is 2.69 bits per heavy atom. The second-order valence-electron chi connectivity index (χ2n) is 3.51. The average molecular weight is 177 g/mol. The highest BCUT2D eigenvalue weighted by atomic mass is 14.9. The molecule has 0 aliphatic carbocycles. The lowest BCUT2D eigenvalue weighted by Gasteiger charge is -2.13. The monoisotopic (exact) mass is 177 g/mol. The van der Waals surface area contributed by atoms with Gasteiger partial charge in [0.25, 0.3) is 0 Å². The third-order valence-corrected chi connectivity index (χ3v) is 2.36. The van der Waals surface area contributed by atoms with E-state index in [1.54, 1.807) is 0 Å². The van der Waals surface area contributed by atoms with Crippen molar-refractivity contribution in [2.24, 2.45) is 0 Å². The quantitative estimate of drug-likeness (QED) is 0.742. The molecule has 0 aliphatic heterocycles. The van der Waals surface area contributed by atoms with Gasteiger partial charge in [-0.15, -0.1) is 0 Å². The molecule has 1 aromatic carbocycles. The van der Waals surface area contributed by atoms with Crippen LogP contribution in [0.2, 0.25) is 0 Å². The molecule has 0 aromatic heterocycles. The van der Waals surface area contributed by atoms with Gasteiger partial charge in [-0.1, -0.05) is 26.0 Å². The second kappa shape index (κ2) is 4.90. The maximum atomic E-state index is 3.47. The molecule has 1 heteroatoms. The fourth-order valence-corrected chi connectivity index (χ4v) is 1.27. The SMILES string of the molecule is CCc1cccc(N[C@H](C)CC)c1. The molecule has 0 fully saturated rings. The molecule has 0 amide bonds. The minimum absolute atomic E-state index is 0.562. The topological polar surface area (TPSA) is 12.0 Å². The summed E-state index contributed by atoms with van der Waals surface area (Å²) in [7, 11) is 0. The summed E-state index contributed by atoms with van der Waals surface area (Å²) >= 11 is 0. The largest absolute Gasteiger partial charge is 0.383 e. The van der Waals surface area contributed by atoms with Gasteiger partial charge in [-0.05, 0) is 37.5 Å². The summed E-state index contributed by atoms with van der Waals surface area (Å²) in [6, 6.07) is 9.20. The predicted molar refractivity (Wildman–Crippen MR) is 59.2 cm³/mol. The van der Waals surface area contributed by atoms with E-state index in [0.29, 0.717) is 6.04 Å². The van der Waals surface area contributed by atoms with Crippen molar-refractivity contribution in [3.8, 4) is 0 Å². The van der Waals surface area contributed by atoms with Crippen molar-refractivity contribution in [3.63, 3.8) is 0 Å². The second-order valence-corrected chi connectivity index (χ2v) is 3.51. The zero-order chi connectivity index (χ0) is 9.68. The minimum atomic E-state index is 0.562. The van der Waals surface area contributed by atoms with Gasteiger partial charge in [0.1, 0.15) is 0 Å². The first-order chi connectivity index (χ1) is 6.26. The van der Waals surface area contributed by atoms with Gasteiger partial charge in [-0.2, -0.15) is 0 Å². The number of hydrogen-bond acceptors (Lipinski definition) is 1. The molecular weight excluding hydrogens is 158 g/mol. The Morgan fingerprint density at radius 2 is 2.08 bits per heavy atom. The molecule has 72 valence electrons. The molecule has 0 saturated heterocycles. The molecule has 0 radical (unpaired) electrons. The zero-order valence-electron chi connectivity index (χ0n) is 8.80. The van der Waals surface area contributed by atoms with Crippen LogP contribution in [0.25, 0.3) is 0 Å². The number of nitrogens with one attached hydrogen (secondary N) is 1. The van der Waals surface area contributed by atoms with Gasteiger partial charge >= 0.3 is 0 Å². The first-order valence-corrected chi connectivity index (χ1v) is 5.11. The Labute approximate surface area is 81.2 Å². The lowest BCUT2D eigenvalue weighted by molar-refractivity contribution is 0.764. The van der Waals surface area contributed by atoms with Crippen LogP contribution in [-0.4, -0.2) is 6.04 Å². The Morgan fingerprint density at radius 1 is 1.31 bits per heavy atom. The van der Waals surface area contributed by atoms with Gasteiger partial charge in [0.15, 0.2) is 0 Å². The maximum absolute atomic E-state index is 3.47. The highest BCUT2D eigenvalue weighted by Crippen LogP contribution is 2.12. The minimum Gasteiger partial charge on any atom is -0.383 e. The number of hydrogen-bond donors (Lipinski definition) is 1. The van der Waals surface area contributed by atoms with E-state index in [1.165, 1.54) is 11.3 Å². The molecule has 1 aromatic rings. The van der Waals surface area contributed by atoms with E-state index in [-0.39, 0.29) is 0 Å². The van der Waals surface area contributed by atoms with Crippen LogP contribution in [0.15, 0.2) is 24.3 Å². The standard InChI is InChI=1S/C12H19N/c1-4-10(3)13-12-8-6-7-11(5-2)9-12/h6-10,13H,4-5H2,1-3H3/t10-/m1/s1. The van der Waals surface area contributed by atoms with E-state index in [9.17, 15) is 0 Å². The maximum Gasteiger partial charge on any atom is 0.0344 e. The molecular formula is C12H19N. The van der Waals surface area contributed by atoms with E-state index in [2.05, 4.69) is 50.4 Å². The molecule has 0 heterocycles. The Kier molecular flexibility index (Phi) is 3.81. The van der Waals surface area contributed by atoms with E-state index in [4.69, 9.17) is 0 Å². The van der Waals surface area contributed by atoms with Crippen LogP contribution in [0.1, 0.15) is 32.8 Å². The van der Waals surface area contributed by atoms with Crippen LogP contribution in [-0.2, 0) is 6.42 Å².